The maximum Gasteiger partial charge on any atom is 0.441 e. The number of para-hydroxylation sites is 1. The molecular formula is C25H23F3N4O3S. The number of carbonyl (C=O) groups is 1. The molecule has 0 bridgehead atoms. The van der Waals surface area contributed by atoms with Gasteiger partial charge in [-0.15, -0.1) is 0 Å². The Kier molecular flexibility index (Phi) is 7.21. The van der Waals surface area contributed by atoms with Crippen LogP contribution in [0.5, 0.6) is 11.5 Å². The monoisotopic (exact) mass is 516 g/mol. The summed E-state index contributed by atoms with van der Waals surface area (Å²) in [7, 11) is 0. The topological polar surface area (TPSA) is 87.3 Å². The average molecular weight is 517 g/mol. The summed E-state index contributed by atoms with van der Waals surface area (Å²) in [6.45, 7) is 6.65. The fourth-order valence-corrected chi connectivity index (χ4v) is 4.30. The molecule has 4 rings (SSSR count). The van der Waals surface area contributed by atoms with Crippen LogP contribution in [-0.4, -0.2) is 46.4 Å². The van der Waals surface area contributed by atoms with E-state index in [1.54, 1.807) is 24.3 Å². The molecule has 0 spiro atoms. The fourth-order valence-electron chi connectivity index (χ4n) is 3.54. The molecule has 2 aliphatic rings. The number of hydrazone groups is 1. The van der Waals surface area contributed by atoms with Gasteiger partial charge in [-0.25, -0.2) is 0 Å². The van der Waals surface area contributed by atoms with E-state index in [0.29, 0.717) is 22.2 Å². The largest absolute Gasteiger partial charge is 0.490 e. The van der Waals surface area contributed by atoms with Crippen molar-refractivity contribution in [3.05, 3.63) is 64.7 Å². The number of nitrogens with zero attached hydrogens (tertiary/aromatic N) is 3. The minimum Gasteiger partial charge on any atom is -0.490 e. The lowest BCUT2D eigenvalue weighted by molar-refractivity contribution is -0.114. The third-order valence-corrected chi connectivity index (χ3v) is 6.26. The number of benzene rings is 2. The maximum atomic E-state index is 13.0. The maximum absolute atomic E-state index is 13.0. The van der Waals surface area contributed by atoms with E-state index in [-0.39, 0.29) is 35.7 Å². The summed E-state index contributed by atoms with van der Waals surface area (Å²) in [4.78, 5) is 16.2. The molecule has 2 heterocycles. The van der Waals surface area contributed by atoms with Crippen molar-refractivity contribution in [3.8, 4) is 11.5 Å². The predicted octanol–water partition coefficient (Wildman–Crippen LogP) is 5.76. The number of aryl methyl sites for hydroxylation is 1. The third kappa shape index (κ3) is 5.46. The van der Waals surface area contributed by atoms with E-state index in [1.165, 1.54) is 6.08 Å². The molecule has 7 nitrogen and oxygen atoms in total. The van der Waals surface area contributed by atoms with Gasteiger partial charge in [0, 0.05) is 5.56 Å². The third-order valence-electron chi connectivity index (χ3n) is 5.31. The van der Waals surface area contributed by atoms with Crippen molar-refractivity contribution in [1.29, 1.82) is 5.41 Å². The van der Waals surface area contributed by atoms with Gasteiger partial charge < -0.3 is 9.47 Å². The first-order valence-electron chi connectivity index (χ1n) is 11.1. The number of amides is 1. The molecule has 2 aromatic rings. The quantitative estimate of drug-likeness (QED) is 0.374. The van der Waals surface area contributed by atoms with Crippen LogP contribution < -0.4 is 9.47 Å². The van der Waals surface area contributed by atoms with Crippen LogP contribution in [0.1, 0.15) is 36.5 Å². The van der Waals surface area contributed by atoms with Crippen LogP contribution in [0.25, 0.3) is 6.08 Å². The molecule has 0 fully saturated rings. The van der Waals surface area contributed by atoms with Crippen LogP contribution in [0.2, 0.25) is 0 Å². The second-order valence-electron chi connectivity index (χ2n) is 8.35. The number of halogens is 3. The van der Waals surface area contributed by atoms with Crippen molar-refractivity contribution in [2.24, 2.45) is 10.1 Å². The van der Waals surface area contributed by atoms with Gasteiger partial charge in [-0.1, -0.05) is 44.2 Å². The lowest BCUT2D eigenvalue weighted by Crippen LogP contribution is -2.35. The Bertz CT molecular complexity index is 1300. The molecule has 1 N–H and O–H groups in total. The standard InChI is InChI=1S/C25H23F3N4O3S/c1-14(2)17-9-8-15(3)12-20(17)35-11-10-34-19-7-5-4-6-16(19)13-18-21(29)32-24(30-22(18)33)36-23(31-32)25(26,27)28/h4-9,12-14,29H,10-11H2,1-3H3/b18-13+,29-21?. The van der Waals surface area contributed by atoms with Crippen molar-refractivity contribution in [2.45, 2.75) is 32.9 Å². The van der Waals surface area contributed by atoms with Gasteiger partial charge in [-0.3, -0.25) is 10.2 Å². The molecule has 1 amide bonds. The number of hydrogen-bond donors (Lipinski definition) is 1. The van der Waals surface area contributed by atoms with E-state index in [2.05, 4.69) is 23.9 Å². The first-order chi connectivity index (χ1) is 17.0. The molecule has 0 unspecified atom stereocenters. The number of aliphatic imine (C=N–C) groups is 1. The molecular weight excluding hydrogens is 493 g/mol. The van der Waals surface area contributed by atoms with Crippen molar-refractivity contribution in [3.63, 3.8) is 0 Å². The van der Waals surface area contributed by atoms with Crippen LogP contribution in [0.15, 0.2) is 58.1 Å². The van der Waals surface area contributed by atoms with Gasteiger partial charge in [-0.2, -0.15) is 28.3 Å². The van der Waals surface area contributed by atoms with Crippen molar-refractivity contribution in [2.75, 3.05) is 13.2 Å². The molecule has 0 aliphatic carbocycles. The van der Waals surface area contributed by atoms with E-state index < -0.39 is 23.0 Å². The lowest BCUT2D eigenvalue weighted by Gasteiger charge is -2.20. The molecule has 0 saturated carbocycles. The summed E-state index contributed by atoms with van der Waals surface area (Å²) in [5.41, 5.74) is 2.45. The molecule has 2 aliphatic heterocycles. The number of alkyl halides is 3. The summed E-state index contributed by atoms with van der Waals surface area (Å²) in [5, 5.41) is 10.9. The Hall–Kier alpha value is -3.60. The highest BCUT2D eigenvalue weighted by Gasteiger charge is 2.46. The minimum absolute atomic E-state index is 0.194. The van der Waals surface area contributed by atoms with Gasteiger partial charge in [0.25, 0.3) is 5.91 Å². The number of carbonyl (C=O) groups excluding carboxylic acids is 1. The number of rotatable bonds is 7. The number of nitrogens with one attached hydrogen (secondary N) is 1. The first-order valence-corrected chi connectivity index (χ1v) is 11.9. The Morgan fingerprint density at radius 2 is 1.81 bits per heavy atom. The zero-order chi connectivity index (χ0) is 26.0. The number of thioether (sulfide) groups is 1. The normalized spacial score (nSPS) is 16.9. The van der Waals surface area contributed by atoms with Crippen LogP contribution in [-0.2, 0) is 4.79 Å². The molecule has 0 atom stereocenters. The van der Waals surface area contributed by atoms with Crippen molar-refractivity contribution in [1.82, 2.24) is 5.01 Å². The smallest absolute Gasteiger partial charge is 0.441 e. The second kappa shape index (κ2) is 10.2. The average Bonchev–Trinajstić information content (AvgIpc) is 3.25. The molecule has 188 valence electrons. The van der Waals surface area contributed by atoms with Crippen LogP contribution in [0, 0.1) is 12.3 Å². The highest BCUT2D eigenvalue weighted by molar-refractivity contribution is 8.27. The zero-order valence-corrected chi connectivity index (χ0v) is 20.5. The van der Waals surface area contributed by atoms with Gasteiger partial charge in [0.05, 0.1) is 5.57 Å². The SMILES string of the molecule is Cc1ccc(C(C)C)c(OCCOc2ccccc2/C=C2\C(=N)N3N=C(C(F)(F)F)SC3=NC2=O)c1. The second-order valence-corrected chi connectivity index (χ2v) is 9.31. The molecule has 0 aromatic heterocycles. The molecule has 0 radical (unpaired) electrons. The lowest BCUT2D eigenvalue weighted by atomic mass is 10.0. The summed E-state index contributed by atoms with van der Waals surface area (Å²) in [6.07, 6.45) is -3.33. The van der Waals surface area contributed by atoms with Crippen LogP contribution in [0.3, 0.4) is 0 Å². The number of hydrogen-bond acceptors (Lipinski definition) is 6. The Labute approximate surface area is 210 Å². The predicted molar refractivity (Wildman–Crippen MR) is 134 cm³/mol. The van der Waals surface area contributed by atoms with Crippen LogP contribution in [0.4, 0.5) is 13.2 Å². The Balaban J connectivity index is 1.48. The van der Waals surface area contributed by atoms with Crippen molar-refractivity contribution < 1.29 is 27.4 Å². The van der Waals surface area contributed by atoms with E-state index in [4.69, 9.17) is 14.9 Å². The van der Waals surface area contributed by atoms with E-state index in [1.807, 2.05) is 25.1 Å². The number of fused-ring (bicyclic) bond motifs is 1. The van der Waals surface area contributed by atoms with E-state index >= 15 is 0 Å². The minimum atomic E-state index is -4.70. The zero-order valence-electron chi connectivity index (χ0n) is 19.7. The Morgan fingerprint density at radius 3 is 2.50 bits per heavy atom. The Morgan fingerprint density at radius 1 is 1.11 bits per heavy atom. The van der Waals surface area contributed by atoms with Gasteiger partial charge >= 0.3 is 6.18 Å². The summed E-state index contributed by atoms with van der Waals surface area (Å²) < 4.78 is 50.9. The van der Waals surface area contributed by atoms with E-state index in [0.717, 1.165) is 16.9 Å². The molecule has 36 heavy (non-hydrogen) atoms. The number of amidine groups is 2. The molecule has 0 saturated heterocycles. The fraction of sp³-hybridized carbons (Fsp3) is 0.280. The van der Waals surface area contributed by atoms with Crippen LogP contribution >= 0.6 is 11.8 Å². The van der Waals surface area contributed by atoms with Gasteiger partial charge in [-0.05, 0) is 53.9 Å². The summed E-state index contributed by atoms with van der Waals surface area (Å²) >= 11 is 0.209. The highest BCUT2D eigenvalue weighted by Crippen LogP contribution is 2.35. The first kappa shape index (κ1) is 25.5. The van der Waals surface area contributed by atoms with Crippen molar-refractivity contribution >= 4 is 39.8 Å². The summed E-state index contributed by atoms with van der Waals surface area (Å²) in [6, 6.07) is 12.9. The van der Waals surface area contributed by atoms with Gasteiger partial charge in [0.15, 0.2) is 5.84 Å². The van der Waals surface area contributed by atoms with Gasteiger partial charge in [0.1, 0.15) is 24.7 Å². The summed E-state index contributed by atoms with van der Waals surface area (Å²) in [5.74, 6) is 0.200. The molecule has 2 aromatic carbocycles. The number of ether oxygens (including phenoxy) is 2. The molecule has 11 heteroatoms. The highest BCUT2D eigenvalue weighted by atomic mass is 32.2. The van der Waals surface area contributed by atoms with Gasteiger partial charge in [0.2, 0.25) is 10.2 Å². The van der Waals surface area contributed by atoms with E-state index in [9.17, 15) is 18.0 Å².